The Morgan fingerprint density at radius 3 is 2.47 bits per heavy atom. The number of benzene rings is 3. The molecule has 5 rings (SSSR count). The standard InChI is InChI=1S/C29H34N6O/c1-21-17-35(20-31-21)28-15-22(18-34-13-5-8-25(30)19-34)14-27(16-28)33-29(36)32-26-11-9-24(10-12-26)23-6-3-2-4-7-23/h2-4,6-7,9-12,14-17,20,25,29,32-33,36H,5,8,13,18-19,30H2,1H3/t25-,29?/m0/s1. The molecule has 1 fully saturated rings. The van der Waals surface area contributed by atoms with E-state index in [-0.39, 0.29) is 6.04 Å². The number of imidazole rings is 1. The van der Waals surface area contributed by atoms with Gasteiger partial charge >= 0.3 is 0 Å². The average molecular weight is 483 g/mol. The van der Waals surface area contributed by atoms with Crippen molar-refractivity contribution in [2.45, 2.75) is 38.7 Å². The van der Waals surface area contributed by atoms with Crippen molar-refractivity contribution in [3.8, 4) is 16.8 Å². The van der Waals surface area contributed by atoms with Crippen LogP contribution in [0.15, 0.2) is 85.3 Å². The number of rotatable bonds is 8. The van der Waals surface area contributed by atoms with E-state index in [4.69, 9.17) is 5.73 Å². The molecule has 7 heteroatoms. The summed E-state index contributed by atoms with van der Waals surface area (Å²) in [5, 5.41) is 17.1. The second-order valence-corrected chi connectivity index (χ2v) is 9.58. The predicted molar refractivity (Wildman–Crippen MR) is 146 cm³/mol. The zero-order valence-electron chi connectivity index (χ0n) is 20.6. The minimum absolute atomic E-state index is 0.232. The first-order chi connectivity index (χ1) is 17.5. The minimum Gasteiger partial charge on any atom is -0.357 e. The third-order valence-electron chi connectivity index (χ3n) is 6.53. The highest BCUT2D eigenvalue weighted by Gasteiger charge is 2.17. The fourth-order valence-electron chi connectivity index (χ4n) is 4.79. The van der Waals surface area contributed by atoms with Crippen LogP contribution >= 0.6 is 0 Å². The maximum absolute atomic E-state index is 10.8. The van der Waals surface area contributed by atoms with Gasteiger partial charge in [-0.15, -0.1) is 0 Å². The Kier molecular flexibility index (Phi) is 7.32. The molecule has 0 saturated carbocycles. The molecule has 3 aromatic carbocycles. The summed E-state index contributed by atoms with van der Waals surface area (Å²) >= 11 is 0. The Morgan fingerprint density at radius 2 is 1.75 bits per heavy atom. The number of anilines is 2. The number of nitrogens with zero attached hydrogens (tertiary/aromatic N) is 3. The van der Waals surface area contributed by atoms with E-state index in [9.17, 15) is 5.11 Å². The van der Waals surface area contributed by atoms with Gasteiger partial charge in [0.2, 0.25) is 6.35 Å². The third kappa shape index (κ3) is 6.12. The molecule has 1 aliphatic heterocycles. The van der Waals surface area contributed by atoms with Gasteiger partial charge < -0.3 is 26.0 Å². The number of nitrogens with one attached hydrogen (secondary N) is 2. The highest BCUT2D eigenvalue weighted by atomic mass is 16.3. The smallest absolute Gasteiger partial charge is 0.202 e. The largest absolute Gasteiger partial charge is 0.357 e. The van der Waals surface area contributed by atoms with Crippen LogP contribution in [0.2, 0.25) is 0 Å². The van der Waals surface area contributed by atoms with Crippen LogP contribution in [0.5, 0.6) is 0 Å². The molecule has 36 heavy (non-hydrogen) atoms. The molecule has 1 aromatic heterocycles. The lowest BCUT2D eigenvalue weighted by Gasteiger charge is -2.31. The van der Waals surface area contributed by atoms with Crippen molar-refractivity contribution in [1.29, 1.82) is 0 Å². The summed E-state index contributed by atoms with van der Waals surface area (Å²) in [6.07, 6.45) is 5.07. The summed E-state index contributed by atoms with van der Waals surface area (Å²) in [4.78, 5) is 6.78. The monoisotopic (exact) mass is 482 g/mol. The topological polar surface area (TPSA) is 91.4 Å². The number of aliphatic hydroxyl groups excluding tert-OH is 1. The number of piperidine rings is 1. The van der Waals surface area contributed by atoms with E-state index in [1.165, 1.54) is 0 Å². The number of aliphatic hydroxyl groups is 1. The Morgan fingerprint density at radius 1 is 1.00 bits per heavy atom. The predicted octanol–water partition coefficient (Wildman–Crippen LogP) is 4.57. The second kappa shape index (κ2) is 11.0. The third-order valence-corrected chi connectivity index (χ3v) is 6.53. The lowest BCUT2D eigenvalue weighted by molar-refractivity contribution is 0.201. The molecule has 186 valence electrons. The molecule has 1 unspecified atom stereocenters. The molecular formula is C29H34N6O. The van der Waals surface area contributed by atoms with Gasteiger partial charge in [0.15, 0.2) is 0 Å². The fraction of sp³-hybridized carbons (Fsp3) is 0.276. The van der Waals surface area contributed by atoms with E-state index in [0.717, 1.165) is 71.9 Å². The van der Waals surface area contributed by atoms with E-state index >= 15 is 0 Å². The molecule has 4 aromatic rings. The van der Waals surface area contributed by atoms with Crippen molar-refractivity contribution >= 4 is 11.4 Å². The Labute approximate surface area is 212 Å². The molecule has 1 aliphatic rings. The van der Waals surface area contributed by atoms with Gasteiger partial charge in [0.1, 0.15) is 0 Å². The quantitative estimate of drug-likeness (QED) is 0.275. The Bertz CT molecular complexity index is 1270. The molecule has 0 radical (unpaired) electrons. The van der Waals surface area contributed by atoms with Gasteiger partial charge in [0.05, 0.1) is 12.0 Å². The van der Waals surface area contributed by atoms with Crippen LogP contribution in [-0.2, 0) is 6.54 Å². The van der Waals surface area contributed by atoms with Crippen LogP contribution in [0.1, 0.15) is 24.1 Å². The molecule has 2 atom stereocenters. The maximum atomic E-state index is 10.8. The number of aryl methyl sites for hydroxylation is 1. The summed E-state index contributed by atoms with van der Waals surface area (Å²) in [5.74, 6) is 0. The second-order valence-electron chi connectivity index (χ2n) is 9.58. The highest BCUT2D eigenvalue weighted by molar-refractivity contribution is 5.66. The van der Waals surface area contributed by atoms with E-state index in [1.807, 2.05) is 72.5 Å². The van der Waals surface area contributed by atoms with Crippen molar-refractivity contribution in [2.75, 3.05) is 23.7 Å². The molecule has 1 saturated heterocycles. The van der Waals surface area contributed by atoms with Gasteiger partial charge in [0.25, 0.3) is 0 Å². The van der Waals surface area contributed by atoms with E-state index in [0.29, 0.717) is 0 Å². The van der Waals surface area contributed by atoms with Crippen molar-refractivity contribution in [1.82, 2.24) is 14.5 Å². The van der Waals surface area contributed by atoms with Crippen molar-refractivity contribution in [3.05, 3.63) is 96.6 Å². The number of hydrogen-bond acceptors (Lipinski definition) is 6. The average Bonchev–Trinajstić information content (AvgIpc) is 3.31. The van der Waals surface area contributed by atoms with Gasteiger partial charge in [-0.2, -0.15) is 0 Å². The molecule has 0 bridgehead atoms. The van der Waals surface area contributed by atoms with Crippen LogP contribution in [-0.4, -0.2) is 45.0 Å². The molecule has 0 spiro atoms. The SMILES string of the molecule is Cc1cn(-c2cc(CN3CCC[C@H](N)C3)cc(NC(O)Nc3ccc(-c4ccccc4)cc3)c2)cn1. The van der Waals surface area contributed by atoms with Crippen molar-refractivity contribution < 1.29 is 5.11 Å². The number of nitrogens with two attached hydrogens (primary N) is 1. The summed E-state index contributed by atoms with van der Waals surface area (Å²) in [7, 11) is 0. The number of hydrogen-bond donors (Lipinski definition) is 4. The summed E-state index contributed by atoms with van der Waals surface area (Å²) in [6.45, 7) is 4.74. The normalized spacial score (nSPS) is 17.0. The van der Waals surface area contributed by atoms with E-state index in [2.05, 4.69) is 44.8 Å². The fourth-order valence-corrected chi connectivity index (χ4v) is 4.79. The lowest BCUT2D eigenvalue weighted by atomic mass is 10.1. The summed E-state index contributed by atoms with van der Waals surface area (Å²) in [6, 6.07) is 24.8. The Balaban J connectivity index is 1.31. The maximum Gasteiger partial charge on any atom is 0.202 e. The van der Waals surface area contributed by atoms with Crippen LogP contribution in [0.25, 0.3) is 16.8 Å². The van der Waals surface area contributed by atoms with E-state index in [1.54, 1.807) is 0 Å². The van der Waals surface area contributed by atoms with Crippen LogP contribution in [0.4, 0.5) is 11.4 Å². The van der Waals surface area contributed by atoms with Crippen LogP contribution in [0, 0.1) is 6.92 Å². The first kappa shape index (κ1) is 24.1. The van der Waals surface area contributed by atoms with Gasteiger partial charge in [-0.3, -0.25) is 4.90 Å². The molecule has 0 aliphatic carbocycles. The minimum atomic E-state index is -0.955. The lowest BCUT2D eigenvalue weighted by Crippen LogP contribution is -2.42. The van der Waals surface area contributed by atoms with Gasteiger partial charge in [-0.05, 0) is 73.3 Å². The summed E-state index contributed by atoms with van der Waals surface area (Å²) in [5.41, 5.74) is 13.3. The number of likely N-dealkylation sites (tertiary alicyclic amines) is 1. The molecule has 5 N–H and O–H groups in total. The Hall–Kier alpha value is -3.65. The first-order valence-electron chi connectivity index (χ1n) is 12.5. The highest BCUT2D eigenvalue weighted by Crippen LogP contribution is 2.24. The first-order valence-corrected chi connectivity index (χ1v) is 12.5. The van der Waals surface area contributed by atoms with Gasteiger partial charge in [-0.25, -0.2) is 4.98 Å². The van der Waals surface area contributed by atoms with Crippen LogP contribution < -0.4 is 16.4 Å². The molecule has 0 amide bonds. The molecule has 2 heterocycles. The van der Waals surface area contributed by atoms with Gasteiger partial charge in [0, 0.05) is 42.4 Å². The van der Waals surface area contributed by atoms with Crippen molar-refractivity contribution in [2.24, 2.45) is 5.73 Å². The molecule has 7 nitrogen and oxygen atoms in total. The summed E-state index contributed by atoms with van der Waals surface area (Å²) < 4.78 is 2.01. The molecular weight excluding hydrogens is 448 g/mol. The zero-order chi connectivity index (χ0) is 24.9. The van der Waals surface area contributed by atoms with Crippen molar-refractivity contribution in [3.63, 3.8) is 0 Å². The number of aromatic nitrogens is 2. The van der Waals surface area contributed by atoms with E-state index < -0.39 is 6.35 Å². The van der Waals surface area contributed by atoms with Crippen LogP contribution in [0.3, 0.4) is 0 Å². The van der Waals surface area contributed by atoms with Gasteiger partial charge in [-0.1, -0.05) is 42.5 Å². The zero-order valence-corrected chi connectivity index (χ0v) is 20.6.